The number of piperidine rings is 1. The highest BCUT2D eigenvalue weighted by atomic mass is 32.2. The summed E-state index contributed by atoms with van der Waals surface area (Å²) in [7, 11) is -4.01. The van der Waals surface area contributed by atoms with Crippen LogP contribution >= 0.6 is 0 Å². The summed E-state index contributed by atoms with van der Waals surface area (Å²) < 4.78 is 28.4. The van der Waals surface area contributed by atoms with Gasteiger partial charge in [-0.05, 0) is 41.7 Å². The molecule has 32 heavy (non-hydrogen) atoms. The summed E-state index contributed by atoms with van der Waals surface area (Å²) >= 11 is 0. The van der Waals surface area contributed by atoms with E-state index in [0.717, 1.165) is 0 Å². The van der Waals surface area contributed by atoms with Crippen molar-refractivity contribution in [1.29, 1.82) is 5.26 Å². The molecule has 1 saturated heterocycles. The molecule has 3 rings (SSSR count). The van der Waals surface area contributed by atoms with E-state index >= 15 is 0 Å². The van der Waals surface area contributed by atoms with Crippen molar-refractivity contribution < 1.29 is 18.0 Å². The van der Waals surface area contributed by atoms with Gasteiger partial charge < -0.3 is 10.2 Å². The molecule has 1 aliphatic heterocycles. The molecule has 1 aromatic heterocycles. The highest BCUT2D eigenvalue weighted by molar-refractivity contribution is 7.89. The molecule has 174 valence electrons. The lowest BCUT2D eigenvalue weighted by Crippen LogP contribution is -2.59. The highest BCUT2D eigenvalue weighted by Gasteiger charge is 2.69. The van der Waals surface area contributed by atoms with E-state index in [1.807, 2.05) is 6.07 Å². The Morgan fingerprint density at radius 2 is 2.00 bits per heavy atom. The normalized spacial score (nSPS) is 25.9. The number of carbonyl (C=O) groups is 2. The largest absolute Gasteiger partial charge is 0.339 e. The number of sulfonamides is 1. The zero-order chi connectivity index (χ0) is 24.1. The van der Waals surface area contributed by atoms with Gasteiger partial charge in [0.25, 0.3) is 0 Å². The predicted molar refractivity (Wildman–Crippen MR) is 117 cm³/mol. The average Bonchev–Trinajstić information content (AvgIpc) is 3.04. The van der Waals surface area contributed by atoms with Gasteiger partial charge in [0.05, 0.1) is 6.07 Å². The standard InChI is InChI=1S/C22H31N5O4S/c1-13(10-23)25-19(28)17-16-15(22(16,5)6)12-27(17)20(29)18(21(2,3)4)26-32(30,31)14-8-7-9-24-11-14/h7-9,11,13,15-18,26H,12H2,1-6H3,(H,25,28)/t13-,15-,16-,17-,18+/m0/s1. The molecule has 2 N–H and O–H groups in total. The third-order valence-electron chi connectivity index (χ3n) is 6.64. The first kappa shape index (κ1) is 24.1. The van der Waals surface area contributed by atoms with Gasteiger partial charge in [0.15, 0.2) is 0 Å². The fourth-order valence-electron chi connectivity index (χ4n) is 4.64. The number of pyridine rings is 1. The first-order chi connectivity index (χ1) is 14.7. The van der Waals surface area contributed by atoms with Gasteiger partial charge in [-0.15, -0.1) is 0 Å². The number of carbonyl (C=O) groups excluding carboxylic acids is 2. The molecule has 5 atom stereocenters. The maximum absolute atomic E-state index is 13.7. The summed E-state index contributed by atoms with van der Waals surface area (Å²) in [6.07, 6.45) is 2.69. The Balaban J connectivity index is 1.90. The lowest BCUT2D eigenvalue weighted by Gasteiger charge is -2.37. The van der Waals surface area contributed by atoms with E-state index < -0.39 is 39.5 Å². The molecule has 0 aromatic carbocycles. The van der Waals surface area contributed by atoms with Crippen molar-refractivity contribution in [1.82, 2.24) is 19.9 Å². The summed E-state index contributed by atoms with van der Waals surface area (Å²) in [5.74, 6) is -0.714. The van der Waals surface area contributed by atoms with Crippen LogP contribution in [0, 0.1) is 34.0 Å². The van der Waals surface area contributed by atoms with Crippen molar-refractivity contribution in [2.75, 3.05) is 6.54 Å². The van der Waals surface area contributed by atoms with Crippen molar-refractivity contribution in [2.24, 2.45) is 22.7 Å². The Labute approximate surface area is 189 Å². The number of hydrogen-bond acceptors (Lipinski definition) is 6. The molecule has 1 saturated carbocycles. The molecule has 0 radical (unpaired) electrons. The van der Waals surface area contributed by atoms with Crippen LogP contribution < -0.4 is 10.0 Å². The molecule has 0 bridgehead atoms. The highest BCUT2D eigenvalue weighted by Crippen LogP contribution is 2.65. The molecule has 1 aromatic rings. The van der Waals surface area contributed by atoms with Crippen LogP contribution in [-0.2, 0) is 19.6 Å². The van der Waals surface area contributed by atoms with Crippen LogP contribution in [0.1, 0.15) is 41.5 Å². The zero-order valence-corrected chi connectivity index (χ0v) is 20.1. The second-order valence-electron chi connectivity index (χ2n) is 10.4. The van der Waals surface area contributed by atoms with Crippen LogP contribution in [0.15, 0.2) is 29.4 Å². The third kappa shape index (κ3) is 4.36. The number of rotatable bonds is 6. The van der Waals surface area contributed by atoms with Gasteiger partial charge in [0.2, 0.25) is 21.8 Å². The summed E-state index contributed by atoms with van der Waals surface area (Å²) in [6, 6.07) is 2.37. The molecule has 2 heterocycles. The van der Waals surface area contributed by atoms with Crippen LogP contribution in [0.25, 0.3) is 0 Å². The van der Waals surface area contributed by atoms with Crippen molar-refractivity contribution in [2.45, 2.75) is 64.6 Å². The van der Waals surface area contributed by atoms with Crippen LogP contribution in [0.2, 0.25) is 0 Å². The Bertz CT molecular complexity index is 1040. The molecule has 0 unspecified atom stereocenters. The Morgan fingerprint density at radius 1 is 1.34 bits per heavy atom. The predicted octanol–water partition coefficient (Wildman–Crippen LogP) is 1.29. The quantitative estimate of drug-likeness (QED) is 0.656. The van der Waals surface area contributed by atoms with Crippen molar-refractivity contribution in [3.63, 3.8) is 0 Å². The van der Waals surface area contributed by atoms with Crippen molar-refractivity contribution in [3.8, 4) is 6.07 Å². The molecule has 0 spiro atoms. The van der Waals surface area contributed by atoms with Gasteiger partial charge in [-0.3, -0.25) is 14.6 Å². The molecule has 2 amide bonds. The van der Waals surface area contributed by atoms with E-state index in [0.29, 0.717) is 6.54 Å². The fraction of sp³-hybridized carbons (Fsp3) is 0.636. The van der Waals surface area contributed by atoms with Gasteiger partial charge in [-0.1, -0.05) is 34.6 Å². The molecule has 2 aliphatic rings. The second kappa shape index (κ2) is 8.12. The van der Waals surface area contributed by atoms with Crippen LogP contribution in [0.5, 0.6) is 0 Å². The molecular formula is C22H31N5O4S. The zero-order valence-electron chi connectivity index (χ0n) is 19.3. The Hall–Kier alpha value is -2.51. The number of likely N-dealkylation sites (tertiary alicyclic amines) is 1. The van der Waals surface area contributed by atoms with Crippen molar-refractivity contribution >= 4 is 21.8 Å². The number of nitrogens with one attached hydrogen (secondary N) is 2. The number of fused-ring (bicyclic) bond motifs is 1. The van der Waals surface area contributed by atoms with Crippen LogP contribution in [0.3, 0.4) is 0 Å². The first-order valence-corrected chi connectivity index (χ1v) is 12.1. The monoisotopic (exact) mass is 461 g/mol. The van der Waals surface area contributed by atoms with Crippen molar-refractivity contribution in [3.05, 3.63) is 24.5 Å². The van der Waals surface area contributed by atoms with Gasteiger partial charge in [-0.25, -0.2) is 8.42 Å². The van der Waals surface area contributed by atoms with E-state index in [1.54, 1.807) is 27.7 Å². The van der Waals surface area contributed by atoms with Crippen LogP contribution in [-0.4, -0.2) is 54.8 Å². The molecule has 9 nitrogen and oxygen atoms in total. The minimum absolute atomic E-state index is 0.0344. The average molecular weight is 462 g/mol. The molecule has 10 heteroatoms. The Morgan fingerprint density at radius 3 is 2.53 bits per heavy atom. The number of hydrogen-bond donors (Lipinski definition) is 2. The first-order valence-electron chi connectivity index (χ1n) is 10.6. The summed E-state index contributed by atoms with van der Waals surface area (Å²) in [5, 5.41) is 11.7. The van der Waals surface area contributed by atoms with Gasteiger partial charge in [-0.2, -0.15) is 9.98 Å². The maximum atomic E-state index is 13.7. The van der Waals surface area contributed by atoms with Gasteiger partial charge in [0.1, 0.15) is 23.0 Å². The van der Waals surface area contributed by atoms with E-state index in [-0.39, 0.29) is 28.1 Å². The smallest absolute Gasteiger partial charge is 0.244 e. The van der Waals surface area contributed by atoms with Gasteiger partial charge >= 0.3 is 0 Å². The number of aromatic nitrogens is 1. The second-order valence-corrected chi connectivity index (χ2v) is 12.1. The number of nitriles is 1. The fourth-order valence-corrected chi connectivity index (χ4v) is 6.00. The lowest BCUT2D eigenvalue weighted by molar-refractivity contribution is -0.143. The summed E-state index contributed by atoms with van der Waals surface area (Å²) in [4.78, 5) is 32.0. The minimum Gasteiger partial charge on any atom is -0.339 e. The maximum Gasteiger partial charge on any atom is 0.244 e. The molecule has 1 aliphatic carbocycles. The molecular weight excluding hydrogens is 430 g/mol. The summed E-state index contributed by atoms with van der Waals surface area (Å²) in [5.41, 5.74) is -0.850. The molecule has 2 fully saturated rings. The third-order valence-corrected chi connectivity index (χ3v) is 8.05. The van der Waals surface area contributed by atoms with E-state index in [9.17, 15) is 18.0 Å². The van der Waals surface area contributed by atoms with E-state index in [2.05, 4.69) is 28.9 Å². The van der Waals surface area contributed by atoms with Gasteiger partial charge in [0, 0.05) is 18.9 Å². The van der Waals surface area contributed by atoms with Crippen LogP contribution in [0.4, 0.5) is 0 Å². The summed E-state index contributed by atoms with van der Waals surface area (Å²) in [6.45, 7) is 11.4. The van der Waals surface area contributed by atoms with E-state index in [1.165, 1.54) is 29.4 Å². The number of amides is 2. The Kier molecular flexibility index (Phi) is 6.13. The number of nitrogens with zero attached hydrogens (tertiary/aromatic N) is 3. The van der Waals surface area contributed by atoms with E-state index in [4.69, 9.17) is 5.26 Å². The minimum atomic E-state index is -4.01. The lowest BCUT2D eigenvalue weighted by atomic mass is 9.86. The topological polar surface area (TPSA) is 132 Å². The SMILES string of the molecule is C[C@@H](C#N)NC(=O)[C@@H]1[C@@H]2[C@H](CN1C(=O)[C@@H](NS(=O)(=O)c1cccnc1)C(C)(C)C)C2(C)C.